The highest BCUT2D eigenvalue weighted by Crippen LogP contribution is 2.18. The molecule has 20 heavy (non-hydrogen) atoms. The van der Waals surface area contributed by atoms with E-state index >= 15 is 0 Å². The molecule has 0 aromatic heterocycles. The number of anilines is 1. The fourth-order valence-corrected chi connectivity index (χ4v) is 1.98. The van der Waals surface area contributed by atoms with Crippen molar-refractivity contribution >= 4 is 28.8 Å². The molecule has 0 radical (unpaired) electrons. The van der Waals surface area contributed by atoms with Crippen molar-refractivity contribution in [2.45, 2.75) is 6.92 Å². The highest BCUT2D eigenvalue weighted by Gasteiger charge is 2.10. The Bertz CT molecular complexity index is 683. The van der Waals surface area contributed by atoms with Crippen LogP contribution in [0.25, 0.3) is 0 Å². The second-order valence-electron chi connectivity index (χ2n) is 4.40. The number of aryl methyl sites for hydroxylation is 1. The van der Waals surface area contributed by atoms with Gasteiger partial charge in [-0.3, -0.25) is 4.79 Å². The summed E-state index contributed by atoms with van der Waals surface area (Å²) in [6.07, 6.45) is 0. The number of aromatic hydroxyl groups is 1. The van der Waals surface area contributed by atoms with Gasteiger partial charge in [-0.1, -0.05) is 24.4 Å². The van der Waals surface area contributed by atoms with Crippen LogP contribution in [-0.2, 0) is 0 Å². The van der Waals surface area contributed by atoms with Crippen LogP contribution in [0.15, 0.2) is 42.5 Å². The first-order valence-electron chi connectivity index (χ1n) is 5.98. The lowest BCUT2D eigenvalue weighted by molar-refractivity contribution is 0.102. The standard InChI is InChI=1S/C15H14N2O2S/c1-9-7-12(18)5-6-13(9)15(19)17-11-4-2-3-10(8-11)14(16)20/h2-8,18H,1H3,(H2,16,20)(H,17,19). The zero-order valence-corrected chi connectivity index (χ0v) is 11.7. The summed E-state index contributed by atoms with van der Waals surface area (Å²) in [5.41, 5.74) is 8.07. The van der Waals surface area contributed by atoms with E-state index in [4.69, 9.17) is 18.0 Å². The number of hydrogen-bond donors (Lipinski definition) is 3. The fraction of sp³-hybridized carbons (Fsp3) is 0.0667. The minimum Gasteiger partial charge on any atom is -0.508 e. The average Bonchev–Trinajstić information content (AvgIpc) is 2.38. The molecule has 0 heterocycles. The lowest BCUT2D eigenvalue weighted by Gasteiger charge is -2.09. The van der Waals surface area contributed by atoms with Crippen LogP contribution in [0.5, 0.6) is 5.75 Å². The summed E-state index contributed by atoms with van der Waals surface area (Å²) in [5, 5.41) is 12.1. The van der Waals surface area contributed by atoms with Gasteiger partial charge < -0.3 is 16.2 Å². The largest absolute Gasteiger partial charge is 0.508 e. The van der Waals surface area contributed by atoms with Gasteiger partial charge in [0.2, 0.25) is 0 Å². The zero-order chi connectivity index (χ0) is 14.7. The van der Waals surface area contributed by atoms with E-state index in [2.05, 4.69) is 5.32 Å². The lowest BCUT2D eigenvalue weighted by Crippen LogP contribution is -2.14. The van der Waals surface area contributed by atoms with Crippen LogP contribution in [-0.4, -0.2) is 16.0 Å². The van der Waals surface area contributed by atoms with Crippen LogP contribution in [0.1, 0.15) is 21.5 Å². The van der Waals surface area contributed by atoms with Crippen molar-refractivity contribution in [3.05, 3.63) is 59.2 Å². The molecule has 2 rings (SSSR count). The van der Waals surface area contributed by atoms with Crippen molar-refractivity contribution in [1.29, 1.82) is 0 Å². The molecule has 1 amide bonds. The van der Waals surface area contributed by atoms with E-state index in [-0.39, 0.29) is 16.6 Å². The van der Waals surface area contributed by atoms with Gasteiger partial charge in [-0.05, 0) is 42.8 Å². The third-order valence-corrected chi connectivity index (χ3v) is 3.10. The van der Waals surface area contributed by atoms with E-state index in [1.807, 2.05) is 0 Å². The van der Waals surface area contributed by atoms with Gasteiger partial charge in [-0.25, -0.2) is 0 Å². The number of carbonyl (C=O) groups excluding carboxylic acids is 1. The Morgan fingerprint density at radius 2 is 2.00 bits per heavy atom. The molecule has 0 unspecified atom stereocenters. The summed E-state index contributed by atoms with van der Waals surface area (Å²) in [6, 6.07) is 11.6. The van der Waals surface area contributed by atoms with Gasteiger partial charge in [0.1, 0.15) is 10.7 Å². The molecule has 0 saturated carbocycles. The van der Waals surface area contributed by atoms with Gasteiger partial charge in [-0.15, -0.1) is 0 Å². The van der Waals surface area contributed by atoms with Gasteiger partial charge in [0.05, 0.1) is 0 Å². The lowest BCUT2D eigenvalue weighted by atomic mass is 10.1. The molecule has 0 saturated heterocycles. The van der Waals surface area contributed by atoms with Crippen LogP contribution in [0.4, 0.5) is 5.69 Å². The monoisotopic (exact) mass is 286 g/mol. The fourth-order valence-electron chi connectivity index (χ4n) is 1.85. The van der Waals surface area contributed by atoms with Gasteiger partial charge in [0.15, 0.2) is 0 Å². The molecular weight excluding hydrogens is 272 g/mol. The summed E-state index contributed by atoms with van der Waals surface area (Å²) < 4.78 is 0. The summed E-state index contributed by atoms with van der Waals surface area (Å²) in [6.45, 7) is 1.76. The first kappa shape index (κ1) is 14.0. The van der Waals surface area contributed by atoms with Crippen molar-refractivity contribution in [1.82, 2.24) is 0 Å². The van der Waals surface area contributed by atoms with Crippen LogP contribution in [0.3, 0.4) is 0 Å². The van der Waals surface area contributed by atoms with Gasteiger partial charge in [0.25, 0.3) is 5.91 Å². The zero-order valence-electron chi connectivity index (χ0n) is 10.9. The minimum absolute atomic E-state index is 0.134. The Morgan fingerprint density at radius 1 is 1.25 bits per heavy atom. The molecule has 5 heteroatoms. The SMILES string of the molecule is Cc1cc(O)ccc1C(=O)Nc1cccc(C(N)=S)c1. The maximum Gasteiger partial charge on any atom is 0.255 e. The Labute approximate surface area is 122 Å². The molecule has 2 aromatic carbocycles. The molecule has 102 valence electrons. The van der Waals surface area contributed by atoms with E-state index in [1.54, 1.807) is 43.3 Å². The minimum atomic E-state index is -0.248. The number of hydrogen-bond acceptors (Lipinski definition) is 3. The predicted molar refractivity (Wildman–Crippen MR) is 83.1 cm³/mol. The van der Waals surface area contributed by atoms with Crippen molar-refractivity contribution in [2.75, 3.05) is 5.32 Å². The highest BCUT2D eigenvalue weighted by molar-refractivity contribution is 7.80. The summed E-state index contributed by atoms with van der Waals surface area (Å²) in [4.78, 5) is 12.5. The highest BCUT2D eigenvalue weighted by atomic mass is 32.1. The summed E-state index contributed by atoms with van der Waals surface area (Å²) in [5.74, 6) is -0.114. The number of nitrogens with one attached hydrogen (secondary N) is 1. The molecule has 0 fully saturated rings. The molecule has 4 nitrogen and oxygen atoms in total. The molecule has 2 aromatic rings. The molecule has 0 spiro atoms. The van der Waals surface area contributed by atoms with Crippen molar-refractivity contribution in [2.24, 2.45) is 5.73 Å². The van der Waals surface area contributed by atoms with Crippen LogP contribution < -0.4 is 11.1 Å². The molecule has 0 aliphatic rings. The van der Waals surface area contributed by atoms with E-state index in [0.29, 0.717) is 22.4 Å². The molecule has 0 atom stereocenters. The number of benzene rings is 2. The summed E-state index contributed by atoms with van der Waals surface area (Å²) in [7, 11) is 0. The van der Waals surface area contributed by atoms with Crippen molar-refractivity contribution in [3.8, 4) is 5.75 Å². The Morgan fingerprint density at radius 3 is 2.65 bits per heavy atom. The predicted octanol–water partition coefficient (Wildman–Crippen LogP) is 2.59. The number of nitrogens with two attached hydrogens (primary N) is 1. The number of rotatable bonds is 3. The number of thiocarbonyl (C=S) groups is 1. The first-order valence-corrected chi connectivity index (χ1v) is 6.39. The molecule has 0 bridgehead atoms. The van der Waals surface area contributed by atoms with E-state index in [9.17, 15) is 9.90 Å². The van der Waals surface area contributed by atoms with Gasteiger partial charge >= 0.3 is 0 Å². The normalized spacial score (nSPS) is 10.1. The maximum absolute atomic E-state index is 12.2. The average molecular weight is 286 g/mol. The van der Waals surface area contributed by atoms with E-state index in [1.165, 1.54) is 6.07 Å². The maximum atomic E-state index is 12.2. The van der Waals surface area contributed by atoms with Crippen molar-refractivity contribution in [3.63, 3.8) is 0 Å². The second kappa shape index (κ2) is 5.71. The smallest absolute Gasteiger partial charge is 0.255 e. The number of carbonyl (C=O) groups is 1. The quantitative estimate of drug-likeness (QED) is 0.758. The number of phenols is 1. The van der Waals surface area contributed by atoms with Crippen LogP contribution >= 0.6 is 12.2 Å². The van der Waals surface area contributed by atoms with Gasteiger partial charge in [-0.2, -0.15) is 0 Å². The third-order valence-electron chi connectivity index (χ3n) is 2.86. The topological polar surface area (TPSA) is 75.3 Å². The van der Waals surface area contributed by atoms with Crippen molar-refractivity contribution < 1.29 is 9.90 Å². The first-order chi connectivity index (χ1) is 9.47. The summed E-state index contributed by atoms with van der Waals surface area (Å²) >= 11 is 4.90. The van der Waals surface area contributed by atoms with E-state index in [0.717, 1.165) is 0 Å². The van der Waals surface area contributed by atoms with Crippen LogP contribution in [0, 0.1) is 6.92 Å². The van der Waals surface area contributed by atoms with Gasteiger partial charge in [0, 0.05) is 16.8 Å². The molecule has 4 N–H and O–H groups in total. The molecular formula is C15H14N2O2S. The second-order valence-corrected chi connectivity index (χ2v) is 4.84. The van der Waals surface area contributed by atoms with E-state index < -0.39 is 0 Å². The Hall–Kier alpha value is -2.40. The molecule has 0 aliphatic heterocycles. The Balaban J connectivity index is 2.23. The van der Waals surface area contributed by atoms with Crippen LogP contribution in [0.2, 0.25) is 0 Å². The number of phenolic OH excluding ortho intramolecular Hbond substituents is 1. The third kappa shape index (κ3) is 3.13. The Kier molecular flexibility index (Phi) is 4.00. The molecule has 0 aliphatic carbocycles. The number of amides is 1.